The average Bonchev–Trinajstić information content (AvgIpc) is 2.41. The van der Waals surface area contributed by atoms with Crippen LogP contribution in [0.15, 0.2) is 16.6 Å². The van der Waals surface area contributed by atoms with Crippen molar-refractivity contribution in [3.05, 3.63) is 22.2 Å². The summed E-state index contributed by atoms with van der Waals surface area (Å²) in [5, 5.41) is 3.38. The minimum atomic E-state index is 0.175. The van der Waals surface area contributed by atoms with E-state index in [0.717, 1.165) is 41.9 Å². The number of ether oxygens (including phenoxy) is 2. The van der Waals surface area contributed by atoms with Gasteiger partial charge in [-0.3, -0.25) is 0 Å². The molecule has 0 fully saturated rings. The van der Waals surface area contributed by atoms with Gasteiger partial charge in [-0.05, 0) is 59.9 Å². The molecule has 0 aliphatic heterocycles. The molecule has 0 amide bonds. The molecule has 3 nitrogen and oxygen atoms in total. The van der Waals surface area contributed by atoms with Gasteiger partial charge >= 0.3 is 0 Å². The lowest BCUT2D eigenvalue weighted by Crippen LogP contribution is -2.14. The van der Waals surface area contributed by atoms with E-state index in [9.17, 15) is 0 Å². The van der Waals surface area contributed by atoms with E-state index in [1.54, 1.807) is 7.11 Å². The molecule has 1 unspecified atom stereocenters. The zero-order valence-electron chi connectivity index (χ0n) is 12.3. The maximum absolute atomic E-state index is 5.90. The minimum absolute atomic E-state index is 0.175. The van der Waals surface area contributed by atoms with Crippen molar-refractivity contribution in [3.8, 4) is 11.5 Å². The Morgan fingerprint density at radius 2 is 2.05 bits per heavy atom. The highest BCUT2D eigenvalue weighted by atomic mass is 79.9. The number of halogens is 1. The molecule has 0 radical (unpaired) electrons. The fourth-order valence-corrected chi connectivity index (χ4v) is 2.27. The quantitative estimate of drug-likeness (QED) is 0.727. The third kappa shape index (κ3) is 5.03. The van der Waals surface area contributed by atoms with E-state index in [0.29, 0.717) is 0 Å². The first-order valence-corrected chi connectivity index (χ1v) is 7.65. The molecule has 0 aliphatic rings. The van der Waals surface area contributed by atoms with Crippen LogP contribution in [-0.4, -0.2) is 19.8 Å². The summed E-state index contributed by atoms with van der Waals surface area (Å²) in [6, 6.07) is 4.12. The van der Waals surface area contributed by atoms with Gasteiger partial charge in [0.2, 0.25) is 0 Å². The van der Waals surface area contributed by atoms with E-state index in [1.165, 1.54) is 5.56 Å². The second-order valence-corrected chi connectivity index (χ2v) is 5.48. The van der Waals surface area contributed by atoms with Gasteiger partial charge in [0.25, 0.3) is 0 Å². The first-order valence-electron chi connectivity index (χ1n) is 6.86. The van der Waals surface area contributed by atoms with Gasteiger partial charge in [0, 0.05) is 6.54 Å². The summed E-state index contributed by atoms with van der Waals surface area (Å²) in [5.74, 6) is 1.57. The Labute approximate surface area is 124 Å². The molecule has 4 heteroatoms. The fourth-order valence-electron chi connectivity index (χ4n) is 1.68. The topological polar surface area (TPSA) is 30.5 Å². The van der Waals surface area contributed by atoms with Crippen LogP contribution in [0.3, 0.4) is 0 Å². The van der Waals surface area contributed by atoms with Crippen LogP contribution in [0.1, 0.15) is 39.2 Å². The van der Waals surface area contributed by atoms with Gasteiger partial charge in [0.15, 0.2) is 11.5 Å². The molecule has 0 spiro atoms. The molecule has 1 atom stereocenters. The Balaban J connectivity index is 2.87. The maximum atomic E-state index is 5.90. The molecular weight excluding hydrogens is 306 g/mol. The van der Waals surface area contributed by atoms with Gasteiger partial charge in [-0.25, -0.2) is 0 Å². The molecule has 1 N–H and O–H groups in total. The second-order valence-electron chi connectivity index (χ2n) is 4.62. The SMILES string of the molecule is CCCNCc1cc(Br)c(OC(C)CC)c(OC)c1. The Kier molecular flexibility index (Phi) is 7.24. The molecule has 1 aromatic rings. The molecule has 0 aliphatic carbocycles. The van der Waals surface area contributed by atoms with Gasteiger partial charge in [-0.15, -0.1) is 0 Å². The van der Waals surface area contributed by atoms with Crippen LogP contribution in [0.5, 0.6) is 11.5 Å². The molecule has 19 heavy (non-hydrogen) atoms. The van der Waals surface area contributed by atoms with Gasteiger partial charge in [0.05, 0.1) is 17.7 Å². The van der Waals surface area contributed by atoms with Crippen LogP contribution in [0.2, 0.25) is 0 Å². The molecule has 0 heterocycles. The number of nitrogens with one attached hydrogen (secondary N) is 1. The Morgan fingerprint density at radius 1 is 1.32 bits per heavy atom. The normalized spacial score (nSPS) is 12.3. The highest BCUT2D eigenvalue weighted by Crippen LogP contribution is 2.37. The average molecular weight is 330 g/mol. The molecule has 1 aromatic carbocycles. The number of hydrogen-bond acceptors (Lipinski definition) is 3. The van der Waals surface area contributed by atoms with Gasteiger partial charge < -0.3 is 14.8 Å². The van der Waals surface area contributed by atoms with E-state index in [4.69, 9.17) is 9.47 Å². The van der Waals surface area contributed by atoms with Crippen LogP contribution >= 0.6 is 15.9 Å². The maximum Gasteiger partial charge on any atom is 0.175 e. The predicted octanol–water partition coefficient (Wildman–Crippen LogP) is 4.13. The van der Waals surface area contributed by atoms with Crippen LogP contribution in [-0.2, 0) is 6.54 Å². The Morgan fingerprint density at radius 3 is 2.63 bits per heavy atom. The summed E-state index contributed by atoms with van der Waals surface area (Å²) in [5.41, 5.74) is 1.19. The van der Waals surface area contributed by atoms with Gasteiger partial charge in [-0.2, -0.15) is 0 Å². The monoisotopic (exact) mass is 329 g/mol. The molecule has 0 bridgehead atoms. The first kappa shape index (κ1) is 16.3. The van der Waals surface area contributed by atoms with Crippen LogP contribution in [0, 0.1) is 0 Å². The number of rotatable bonds is 8. The van der Waals surface area contributed by atoms with Gasteiger partial charge in [0.1, 0.15) is 0 Å². The lowest BCUT2D eigenvalue weighted by Gasteiger charge is -2.18. The van der Waals surface area contributed by atoms with Crippen molar-refractivity contribution >= 4 is 15.9 Å². The molecule has 1 rings (SSSR count). The molecule has 0 aromatic heterocycles. The van der Waals surface area contributed by atoms with Crippen molar-refractivity contribution in [1.82, 2.24) is 5.32 Å². The standard InChI is InChI=1S/C15H24BrNO2/c1-5-7-17-10-12-8-13(16)15(14(9-12)18-4)19-11(3)6-2/h8-9,11,17H,5-7,10H2,1-4H3. The van der Waals surface area contributed by atoms with Crippen LogP contribution in [0.4, 0.5) is 0 Å². The molecule has 0 saturated carbocycles. The fraction of sp³-hybridized carbons (Fsp3) is 0.600. The summed E-state index contributed by atoms with van der Waals surface area (Å²) < 4.78 is 12.3. The van der Waals surface area contributed by atoms with Crippen molar-refractivity contribution in [2.24, 2.45) is 0 Å². The lowest BCUT2D eigenvalue weighted by molar-refractivity contribution is 0.206. The number of hydrogen-bond donors (Lipinski definition) is 1. The summed E-state index contributed by atoms with van der Waals surface area (Å²) in [4.78, 5) is 0. The third-order valence-corrected chi connectivity index (χ3v) is 3.53. The highest BCUT2D eigenvalue weighted by Gasteiger charge is 2.13. The van der Waals surface area contributed by atoms with Crippen molar-refractivity contribution in [1.29, 1.82) is 0 Å². The summed E-state index contributed by atoms with van der Waals surface area (Å²) >= 11 is 3.57. The third-order valence-electron chi connectivity index (χ3n) is 2.94. The van der Waals surface area contributed by atoms with Crippen molar-refractivity contribution in [2.45, 2.75) is 46.3 Å². The number of benzene rings is 1. The van der Waals surface area contributed by atoms with Crippen LogP contribution < -0.4 is 14.8 Å². The molecule has 0 saturated heterocycles. The summed E-state index contributed by atoms with van der Waals surface area (Å²) in [7, 11) is 1.68. The van der Waals surface area contributed by atoms with E-state index >= 15 is 0 Å². The zero-order valence-corrected chi connectivity index (χ0v) is 13.8. The van der Waals surface area contributed by atoms with E-state index in [2.05, 4.69) is 48.1 Å². The largest absolute Gasteiger partial charge is 0.493 e. The zero-order chi connectivity index (χ0) is 14.3. The van der Waals surface area contributed by atoms with E-state index in [1.807, 2.05) is 6.07 Å². The Bertz CT molecular complexity index is 396. The second kappa shape index (κ2) is 8.43. The molecular formula is C15H24BrNO2. The van der Waals surface area contributed by atoms with Crippen molar-refractivity contribution in [3.63, 3.8) is 0 Å². The summed E-state index contributed by atoms with van der Waals surface area (Å²) in [6.07, 6.45) is 2.28. The minimum Gasteiger partial charge on any atom is -0.493 e. The highest BCUT2D eigenvalue weighted by molar-refractivity contribution is 9.10. The first-order chi connectivity index (χ1) is 9.12. The van der Waals surface area contributed by atoms with E-state index < -0.39 is 0 Å². The van der Waals surface area contributed by atoms with Crippen LogP contribution in [0.25, 0.3) is 0 Å². The number of methoxy groups -OCH3 is 1. The van der Waals surface area contributed by atoms with Crippen molar-refractivity contribution < 1.29 is 9.47 Å². The lowest BCUT2D eigenvalue weighted by atomic mass is 10.2. The van der Waals surface area contributed by atoms with E-state index in [-0.39, 0.29) is 6.10 Å². The smallest absolute Gasteiger partial charge is 0.175 e. The van der Waals surface area contributed by atoms with Crippen molar-refractivity contribution in [2.75, 3.05) is 13.7 Å². The molecule has 108 valence electrons. The van der Waals surface area contributed by atoms with Gasteiger partial charge in [-0.1, -0.05) is 13.8 Å². The Hall–Kier alpha value is -0.740. The predicted molar refractivity (Wildman–Crippen MR) is 83.1 cm³/mol. The summed E-state index contributed by atoms with van der Waals surface area (Å²) in [6.45, 7) is 8.18.